The van der Waals surface area contributed by atoms with E-state index in [4.69, 9.17) is 14.2 Å². The van der Waals surface area contributed by atoms with Gasteiger partial charge < -0.3 is 14.2 Å². The van der Waals surface area contributed by atoms with Crippen molar-refractivity contribution in [1.29, 1.82) is 0 Å². The molecule has 0 heterocycles. The number of ether oxygens (including phenoxy) is 3. The summed E-state index contributed by atoms with van der Waals surface area (Å²) in [7, 11) is 0. The highest BCUT2D eigenvalue weighted by Gasteiger charge is 2.11. The van der Waals surface area contributed by atoms with Gasteiger partial charge in [0.25, 0.3) is 0 Å². The summed E-state index contributed by atoms with van der Waals surface area (Å²) in [5.41, 5.74) is 2.11. The number of esters is 1. The second-order valence-electron chi connectivity index (χ2n) is 5.51. The van der Waals surface area contributed by atoms with Crippen molar-refractivity contribution in [2.45, 2.75) is 20.3 Å². The fourth-order valence-corrected chi connectivity index (χ4v) is 2.12. The topological polar surface area (TPSA) is 44.8 Å². The molecule has 2 rings (SSSR count). The van der Waals surface area contributed by atoms with Crippen molar-refractivity contribution < 1.29 is 19.0 Å². The number of carbonyl (C=O) groups is 1. The van der Waals surface area contributed by atoms with Crippen molar-refractivity contribution in [1.82, 2.24) is 0 Å². The maximum atomic E-state index is 11.5. The van der Waals surface area contributed by atoms with Crippen molar-refractivity contribution in [2.75, 3.05) is 20.0 Å². The minimum atomic E-state index is -0.184. The number of para-hydroxylation sites is 1. The fraction of sp³-hybridized carbons (Fsp3) is 0.350. The minimum Gasteiger partial charge on any atom is -0.467 e. The molecule has 24 heavy (non-hydrogen) atoms. The van der Waals surface area contributed by atoms with Crippen molar-refractivity contribution in [2.24, 2.45) is 5.92 Å². The number of hydrogen-bond acceptors (Lipinski definition) is 4. The lowest BCUT2D eigenvalue weighted by atomic mass is 10.1. The van der Waals surface area contributed by atoms with Crippen LogP contribution in [0.3, 0.4) is 0 Å². The Kier molecular flexibility index (Phi) is 7.30. The van der Waals surface area contributed by atoms with E-state index in [1.54, 1.807) is 0 Å². The van der Waals surface area contributed by atoms with Crippen LogP contribution >= 0.6 is 0 Å². The van der Waals surface area contributed by atoms with Gasteiger partial charge >= 0.3 is 5.97 Å². The molecule has 0 fully saturated rings. The third-order valence-electron chi connectivity index (χ3n) is 3.76. The van der Waals surface area contributed by atoms with E-state index < -0.39 is 0 Å². The van der Waals surface area contributed by atoms with Gasteiger partial charge in [0.1, 0.15) is 12.4 Å². The Labute approximate surface area is 143 Å². The first-order valence-corrected chi connectivity index (χ1v) is 8.24. The molecule has 0 amide bonds. The van der Waals surface area contributed by atoms with E-state index in [9.17, 15) is 4.79 Å². The second kappa shape index (κ2) is 9.73. The number of benzene rings is 2. The molecule has 0 saturated carbocycles. The highest BCUT2D eigenvalue weighted by atomic mass is 16.7. The monoisotopic (exact) mass is 328 g/mol. The molecule has 0 aliphatic rings. The van der Waals surface area contributed by atoms with E-state index in [1.165, 1.54) is 0 Å². The van der Waals surface area contributed by atoms with Gasteiger partial charge in [-0.3, -0.25) is 4.79 Å². The molecule has 0 N–H and O–H groups in total. The SMILES string of the molecule is CCC(C)C(=O)OCCOCOc1ccccc1-c1ccccc1. The van der Waals surface area contributed by atoms with Crippen LogP contribution in [0.2, 0.25) is 0 Å². The van der Waals surface area contributed by atoms with Crippen LogP contribution in [0.4, 0.5) is 0 Å². The molecule has 1 atom stereocenters. The Hall–Kier alpha value is -2.33. The third-order valence-corrected chi connectivity index (χ3v) is 3.76. The second-order valence-corrected chi connectivity index (χ2v) is 5.51. The minimum absolute atomic E-state index is 0.0704. The van der Waals surface area contributed by atoms with Gasteiger partial charge in [-0.2, -0.15) is 0 Å². The lowest BCUT2D eigenvalue weighted by molar-refractivity contribution is -0.150. The van der Waals surface area contributed by atoms with Gasteiger partial charge in [0, 0.05) is 5.56 Å². The van der Waals surface area contributed by atoms with Crippen molar-refractivity contribution >= 4 is 5.97 Å². The molecule has 1 unspecified atom stereocenters. The van der Waals surface area contributed by atoms with E-state index in [0.29, 0.717) is 6.61 Å². The van der Waals surface area contributed by atoms with E-state index in [1.807, 2.05) is 68.4 Å². The summed E-state index contributed by atoms with van der Waals surface area (Å²) in [6, 6.07) is 17.9. The van der Waals surface area contributed by atoms with E-state index in [-0.39, 0.29) is 25.3 Å². The van der Waals surface area contributed by atoms with Crippen LogP contribution in [0.15, 0.2) is 54.6 Å². The molecule has 0 aliphatic carbocycles. The largest absolute Gasteiger partial charge is 0.467 e. The Bertz CT molecular complexity index is 625. The quantitative estimate of drug-likeness (QED) is 0.391. The van der Waals surface area contributed by atoms with E-state index >= 15 is 0 Å². The standard InChI is InChI=1S/C20H24O4/c1-3-16(2)20(21)23-14-13-22-15-24-19-12-8-7-11-18(19)17-9-5-4-6-10-17/h4-12,16H,3,13-15H2,1-2H3. The Morgan fingerprint density at radius 3 is 2.46 bits per heavy atom. The number of hydrogen-bond donors (Lipinski definition) is 0. The molecule has 2 aromatic rings. The first-order chi connectivity index (χ1) is 11.7. The van der Waals surface area contributed by atoms with Gasteiger partial charge in [-0.1, -0.05) is 62.4 Å². The smallest absolute Gasteiger partial charge is 0.308 e. The maximum Gasteiger partial charge on any atom is 0.308 e. The molecular formula is C20H24O4. The normalized spacial score (nSPS) is 11.8. The molecular weight excluding hydrogens is 304 g/mol. The molecule has 128 valence electrons. The van der Waals surface area contributed by atoms with Gasteiger partial charge in [-0.15, -0.1) is 0 Å². The predicted octanol–water partition coefficient (Wildman–Crippen LogP) is 4.30. The van der Waals surface area contributed by atoms with E-state index in [0.717, 1.165) is 23.3 Å². The maximum absolute atomic E-state index is 11.5. The Balaban J connectivity index is 1.77. The van der Waals surface area contributed by atoms with Crippen LogP contribution in [0, 0.1) is 5.92 Å². The number of carbonyl (C=O) groups excluding carboxylic acids is 1. The van der Waals surface area contributed by atoms with Gasteiger partial charge in [-0.05, 0) is 18.1 Å². The summed E-state index contributed by atoms with van der Waals surface area (Å²) in [5.74, 6) is 0.510. The molecule has 0 aromatic heterocycles. The highest BCUT2D eigenvalue weighted by Crippen LogP contribution is 2.29. The molecule has 0 radical (unpaired) electrons. The first-order valence-electron chi connectivity index (χ1n) is 8.24. The van der Waals surface area contributed by atoms with Crippen molar-refractivity contribution in [3.8, 4) is 16.9 Å². The van der Waals surface area contributed by atoms with Crippen LogP contribution in [0.25, 0.3) is 11.1 Å². The average Bonchev–Trinajstić information content (AvgIpc) is 2.64. The average molecular weight is 328 g/mol. The van der Waals surface area contributed by atoms with Crippen LogP contribution < -0.4 is 4.74 Å². The first kappa shape index (κ1) is 18.0. The molecule has 4 heteroatoms. The Morgan fingerprint density at radius 1 is 1.00 bits per heavy atom. The summed E-state index contributed by atoms with van der Waals surface area (Å²) in [6.07, 6.45) is 0.777. The van der Waals surface area contributed by atoms with Crippen LogP contribution in [-0.2, 0) is 14.3 Å². The van der Waals surface area contributed by atoms with E-state index in [2.05, 4.69) is 0 Å². The third kappa shape index (κ3) is 5.39. The Morgan fingerprint density at radius 2 is 1.71 bits per heavy atom. The molecule has 0 aliphatic heterocycles. The predicted molar refractivity (Wildman–Crippen MR) is 93.7 cm³/mol. The summed E-state index contributed by atoms with van der Waals surface area (Å²) in [5, 5.41) is 0. The molecule has 0 spiro atoms. The van der Waals surface area contributed by atoms with Gasteiger partial charge in [0.2, 0.25) is 0 Å². The molecule has 0 bridgehead atoms. The molecule has 2 aromatic carbocycles. The van der Waals surface area contributed by atoms with Crippen molar-refractivity contribution in [3.05, 3.63) is 54.6 Å². The zero-order valence-electron chi connectivity index (χ0n) is 14.2. The number of rotatable bonds is 9. The molecule has 0 saturated heterocycles. The zero-order valence-corrected chi connectivity index (χ0v) is 14.2. The van der Waals surface area contributed by atoms with Crippen LogP contribution in [0.1, 0.15) is 20.3 Å². The summed E-state index contributed by atoms with van der Waals surface area (Å²) in [4.78, 5) is 11.5. The zero-order chi connectivity index (χ0) is 17.2. The molecule has 4 nitrogen and oxygen atoms in total. The highest BCUT2D eigenvalue weighted by molar-refractivity contribution is 5.72. The summed E-state index contributed by atoms with van der Waals surface area (Å²) < 4.78 is 16.2. The van der Waals surface area contributed by atoms with Crippen molar-refractivity contribution in [3.63, 3.8) is 0 Å². The lowest BCUT2D eigenvalue weighted by Crippen LogP contribution is -2.17. The lowest BCUT2D eigenvalue weighted by Gasteiger charge is -2.12. The van der Waals surface area contributed by atoms with Crippen LogP contribution in [-0.4, -0.2) is 26.0 Å². The fourth-order valence-electron chi connectivity index (χ4n) is 2.12. The summed E-state index contributed by atoms with van der Waals surface area (Å²) >= 11 is 0. The van der Waals surface area contributed by atoms with Crippen LogP contribution in [0.5, 0.6) is 5.75 Å². The van der Waals surface area contributed by atoms with Gasteiger partial charge in [-0.25, -0.2) is 0 Å². The van der Waals surface area contributed by atoms with Gasteiger partial charge in [0.15, 0.2) is 6.79 Å². The van der Waals surface area contributed by atoms with Gasteiger partial charge in [0.05, 0.1) is 12.5 Å². The summed E-state index contributed by atoms with van der Waals surface area (Å²) in [6.45, 7) is 4.49.